The molecule has 0 atom stereocenters. The molecule has 0 bridgehead atoms. The zero-order chi connectivity index (χ0) is 120. The molecule has 27 aromatic carbocycles. The molecule has 0 aliphatic rings. The maximum atomic E-state index is 9.43. The zero-order valence-corrected chi connectivity index (χ0v) is 74.3. The molecule has 0 spiro atoms. The van der Waals surface area contributed by atoms with Gasteiger partial charge < -0.3 is 13.3 Å². The predicted octanol–water partition coefficient (Wildman–Crippen LogP) is 39.6. The summed E-state index contributed by atoms with van der Waals surface area (Å²) in [6, 6.07) is 86.9. The fourth-order valence-corrected chi connectivity index (χ4v) is 21.1. The SMILES string of the molecule is [2H]c1c([2H])c([2H])c2c(-c3c4c([2H])c([2H])c([2H])c([2H])c4c(-c4cccc(-c5cccc6oc7cc8ccccc8cc7c56)c4)c4c([2H])c([2H])c([2H])c([2H])c34)c([2H])c([2H])c([2H])c2c1[2H].[2H]c1c([2H])c([2H])c2c(-c3ccc4ccccc4c3)c3c([2H])c([2H])c([2H])c([2H])c3c(-c3cccc(-c4cccc5oc6cc7ccccc7cc6c45)c3)c2c1[2H].[2H]c1c([2H])c([2H])c2c(-c3cccc4ccccc34)c3c([2H])c([2H])c([2H])c([2H])c3c(-c3cccc(-c4cccc5oc6cc7ccccc7cc6c45)c3)c2c1[2H]. The molecule has 3 heteroatoms. The summed E-state index contributed by atoms with van der Waals surface area (Å²) < 4.78 is 299. The Labute approximate surface area is 855 Å². The summed E-state index contributed by atoms with van der Waals surface area (Å²) in [5.74, 6) is 0. The lowest BCUT2D eigenvalue weighted by Crippen LogP contribution is -1.92. The van der Waals surface area contributed by atoms with Crippen LogP contribution in [0, 0.1) is 0 Å². The second kappa shape index (κ2) is 33.2. The second-order valence-corrected chi connectivity index (χ2v) is 35.0. The van der Waals surface area contributed by atoms with Crippen molar-refractivity contribution in [2.75, 3.05) is 0 Å². The van der Waals surface area contributed by atoms with Gasteiger partial charge in [-0.2, -0.15) is 0 Å². The van der Waals surface area contributed by atoms with Gasteiger partial charge in [0.25, 0.3) is 0 Å². The van der Waals surface area contributed by atoms with Crippen LogP contribution in [0.5, 0.6) is 0 Å². The number of rotatable bonds is 9. The normalized spacial score (nSPS) is 14.9. The topological polar surface area (TPSA) is 39.4 Å². The monoisotopic (exact) mass is 1820 g/mol. The van der Waals surface area contributed by atoms with Crippen molar-refractivity contribution in [1.82, 2.24) is 0 Å². The second-order valence-electron chi connectivity index (χ2n) is 35.0. The van der Waals surface area contributed by atoms with E-state index in [1.165, 1.54) is 0 Å². The van der Waals surface area contributed by atoms with E-state index in [-0.39, 0.29) is 124 Å². The maximum absolute atomic E-state index is 9.43. The first-order valence-corrected chi connectivity index (χ1v) is 46.0. The van der Waals surface area contributed by atoms with Crippen LogP contribution in [0.1, 0.15) is 42.5 Å². The molecule has 3 aromatic heterocycles. The molecule has 3 heterocycles. The molecule has 30 rings (SSSR count). The lowest BCUT2D eigenvalue weighted by Gasteiger charge is -2.19. The Morgan fingerprint density at radius 1 is 0.128 bits per heavy atom. The molecule has 0 unspecified atom stereocenters. The zero-order valence-electron chi connectivity index (χ0n) is 105. The summed E-state index contributed by atoms with van der Waals surface area (Å²) in [7, 11) is 0. The number of fused-ring (bicyclic) bond motifs is 21. The Bertz CT molecular complexity index is 12200. The summed E-state index contributed by atoms with van der Waals surface area (Å²) in [4.78, 5) is 0. The summed E-state index contributed by atoms with van der Waals surface area (Å²) in [5.41, 5.74) is 12.1. The first-order chi connectivity index (χ1) is 82.8. The number of hydrogen-bond donors (Lipinski definition) is 0. The average molecular weight is 1820 g/mol. The van der Waals surface area contributed by atoms with Gasteiger partial charge in [0, 0.05) is 32.3 Å². The van der Waals surface area contributed by atoms with E-state index >= 15 is 0 Å². The Hall–Kier alpha value is -18.5. The molecule has 0 radical (unpaired) electrons. The summed E-state index contributed by atoms with van der Waals surface area (Å²) in [5, 5.41) is 14.9. The summed E-state index contributed by atoms with van der Waals surface area (Å²) in [6.07, 6.45) is 0. The van der Waals surface area contributed by atoms with Gasteiger partial charge in [0.1, 0.15) is 33.5 Å². The fourth-order valence-electron chi connectivity index (χ4n) is 21.1. The molecule has 0 fully saturated rings. The molecule has 0 aliphatic heterocycles. The smallest absolute Gasteiger partial charge is 0.136 e. The third-order valence-electron chi connectivity index (χ3n) is 27.3. The molecule has 654 valence electrons. The highest BCUT2D eigenvalue weighted by atomic mass is 16.3. The van der Waals surface area contributed by atoms with Gasteiger partial charge in [0.2, 0.25) is 0 Å². The minimum Gasteiger partial charge on any atom is -0.456 e. The highest BCUT2D eigenvalue weighted by molar-refractivity contribution is 6.28. The minimum absolute atomic E-state index is 0.0239. The van der Waals surface area contributed by atoms with Crippen molar-refractivity contribution in [3.05, 3.63) is 509 Å². The number of hydrogen-bond acceptors (Lipinski definition) is 3. The maximum Gasteiger partial charge on any atom is 0.136 e. The van der Waals surface area contributed by atoms with E-state index in [4.69, 9.17) is 37.9 Å². The van der Waals surface area contributed by atoms with E-state index in [2.05, 4.69) is 42.5 Å². The standard InChI is InChI=1S/3C46H28O/c2*1-2-14-31-28-43-41(27-30(31)13-1)46-35(23-11-25-42(46)47-43)32-16-9-17-33(26-32)44-37-19-5-7-21-39(37)45(40-22-8-6-20-38(40)44)36-24-10-15-29-12-3-4-18-34(29)36;1-2-12-30-25-35(24-23-29(30)11-1)45-39-19-7-5-17-37(39)44(38-18-6-8-20-40(38)45)34-16-9-15-33(26-34)36-21-10-22-42-46(36)41-27-31-13-3-4-14-32(31)28-43(41)47-42/h3*1-28H/i3D,4D,5D,6D,7D,8D,10D,12D,15D,18D,19D,20D,21D,22D,24D;5D,6D,7D,8D,19D,20D,21D,22D;5D,6D,7D,8D,17D,18D,19D,20D. The largest absolute Gasteiger partial charge is 0.456 e. The van der Waals surface area contributed by atoms with E-state index in [0.717, 1.165) is 125 Å². The highest BCUT2D eigenvalue weighted by Crippen LogP contribution is 2.53. The van der Waals surface area contributed by atoms with Crippen molar-refractivity contribution in [3.8, 4) is 100 Å². The number of benzene rings is 27. The van der Waals surface area contributed by atoms with Crippen LogP contribution in [0.15, 0.2) is 522 Å². The van der Waals surface area contributed by atoms with Gasteiger partial charge in [-0.1, -0.05) is 430 Å². The van der Waals surface area contributed by atoms with Gasteiger partial charge in [-0.3, -0.25) is 0 Å². The van der Waals surface area contributed by atoms with Crippen LogP contribution in [-0.4, -0.2) is 0 Å². The van der Waals surface area contributed by atoms with Gasteiger partial charge in [-0.25, -0.2) is 0 Å². The van der Waals surface area contributed by atoms with Crippen LogP contribution in [0.3, 0.4) is 0 Å². The summed E-state index contributed by atoms with van der Waals surface area (Å²) >= 11 is 0. The van der Waals surface area contributed by atoms with Crippen LogP contribution < -0.4 is 0 Å². The molecule has 0 amide bonds. The van der Waals surface area contributed by atoms with E-state index < -0.39 is 155 Å². The molecule has 141 heavy (non-hydrogen) atoms. The van der Waals surface area contributed by atoms with E-state index in [9.17, 15) is 17.8 Å². The molecule has 0 N–H and O–H groups in total. The van der Waals surface area contributed by atoms with Crippen molar-refractivity contribution < 1.29 is 55.7 Å². The van der Waals surface area contributed by atoms with Crippen molar-refractivity contribution in [1.29, 1.82) is 0 Å². The number of furan rings is 3. The van der Waals surface area contributed by atoms with E-state index in [1.54, 1.807) is 18.2 Å². The molecule has 30 aromatic rings. The molecule has 0 saturated carbocycles. The van der Waals surface area contributed by atoms with Crippen LogP contribution >= 0.6 is 0 Å². The first-order valence-electron chi connectivity index (χ1n) is 61.5. The van der Waals surface area contributed by atoms with Crippen molar-refractivity contribution in [2.45, 2.75) is 0 Å². The quantitative estimate of drug-likeness (QED) is 0.135. The lowest BCUT2D eigenvalue weighted by atomic mass is 9.84. The van der Waals surface area contributed by atoms with Gasteiger partial charge in [0.05, 0.1) is 42.5 Å². The molecule has 3 nitrogen and oxygen atoms in total. The fraction of sp³-hybridized carbons (Fsp3) is 0. The molecule has 0 saturated heterocycles. The Morgan fingerprint density at radius 2 is 0.390 bits per heavy atom. The third kappa shape index (κ3) is 13.5. The highest BCUT2D eigenvalue weighted by Gasteiger charge is 2.26. The first kappa shape index (κ1) is 55.5. The van der Waals surface area contributed by atoms with Gasteiger partial charge in [-0.05, 0) is 308 Å². The van der Waals surface area contributed by atoms with Gasteiger partial charge in [-0.15, -0.1) is 0 Å². The van der Waals surface area contributed by atoms with E-state index in [1.807, 2.05) is 261 Å². The Kier molecular flexibility index (Phi) is 13.1. The van der Waals surface area contributed by atoms with E-state index in [0.29, 0.717) is 78.0 Å². The predicted molar refractivity (Wildman–Crippen MR) is 600 cm³/mol. The van der Waals surface area contributed by atoms with Crippen LogP contribution in [0.25, 0.3) is 295 Å². The molecular formula is C138H84O3. The lowest BCUT2D eigenvalue weighted by molar-refractivity contribution is 0.669. The van der Waals surface area contributed by atoms with Crippen LogP contribution in [0.4, 0.5) is 0 Å². The Balaban J connectivity index is 0.000000119. The molecule has 0 aliphatic carbocycles. The average Bonchev–Trinajstić information content (AvgIpc) is 0.920. The third-order valence-corrected chi connectivity index (χ3v) is 27.3. The van der Waals surface area contributed by atoms with Crippen LogP contribution in [-0.2, 0) is 0 Å². The minimum atomic E-state index is -0.758. The molecular weight excluding hydrogens is 1710 g/mol. The van der Waals surface area contributed by atoms with Crippen molar-refractivity contribution >= 4 is 195 Å². The summed E-state index contributed by atoms with van der Waals surface area (Å²) in [6.45, 7) is 0. The van der Waals surface area contributed by atoms with Gasteiger partial charge >= 0.3 is 0 Å². The van der Waals surface area contributed by atoms with Crippen LogP contribution in [0.2, 0.25) is 0 Å². The Morgan fingerprint density at radius 3 is 0.766 bits per heavy atom. The van der Waals surface area contributed by atoms with Crippen molar-refractivity contribution in [3.63, 3.8) is 0 Å². The van der Waals surface area contributed by atoms with Crippen molar-refractivity contribution in [2.24, 2.45) is 0 Å². The van der Waals surface area contributed by atoms with Gasteiger partial charge in [0.15, 0.2) is 0 Å².